The average Bonchev–Trinajstić information content (AvgIpc) is 3.16. The number of hydrogen-bond donors (Lipinski definition) is 0. The van der Waals surface area contributed by atoms with Gasteiger partial charge >= 0.3 is 0 Å². The van der Waals surface area contributed by atoms with Crippen LogP contribution in [-0.2, 0) is 0 Å². The van der Waals surface area contributed by atoms with Gasteiger partial charge in [-0.2, -0.15) is 0 Å². The summed E-state index contributed by atoms with van der Waals surface area (Å²) in [6.07, 6.45) is 6.09. The Balaban J connectivity index is 1.30. The molecule has 1 aromatic carbocycles. The molecular weight excluding hydrogens is 344 g/mol. The maximum atomic E-state index is 5.97. The van der Waals surface area contributed by atoms with E-state index in [1.807, 2.05) is 11.8 Å². The maximum Gasteiger partial charge on any atom is 0.228 e. The van der Waals surface area contributed by atoms with Gasteiger partial charge in [-0.25, -0.2) is 0 Å². The van der Waals surface area contributed by atoms with Crippen molar-refractivity contribution in [2.24, 2.45) is 0 Å². The van der Waals surface area contributed by atoms with E-state index in [1.54, 1.807) is 0 Å². The van der Waals surface area contributed by atoms with E-state index in [9.17, 15) is 0 Å². The molecule has 2 fully saturated rings. The van der Waals surface area contributed by atoms with Gasteiger partial charge in [0.25, 0.3) is 0 Å². The molecule has 0 N–H and O–H groups in total. The van der Waals surface area contributed by atoms with Crippen molar-refractivity contribution in [3.63, 3.8) is 0 Å². The largest absolute Gasteiger partial charge is 0.493 e. The molecule has 5 nitrogen and oxygen atoms in total. The van der Waals surface area contributed by atoms with Gasteiger partial charge in [0.2, 0.25) is 5.95 Å². The maximum absolute atomic E-state index is 5.97. The standard InChI is InChI=1S/C20H28N4OS/c1-15-6-7-16(2)18(14-15)25-12-5-13-26-20-22-21-19(23-10-3-4-11-23)24(20)17-8-9-17/h6-7,14,17H,3-5,8-13H2,1-2H3. The van der Waals surface area contributed by atoms with Crippen LogP contribution in [0, 0.1) is 13.8 Å². The van der Waals surface area contributed by atoms with Crippen LogP contribution in [-0.4, -0.2) is 40.2 Å². The second-order valence-corrected chi connectivity index (χ2v) is 8.46. The highest BCUT2D eigenvalue weighted by molar-refractivity contribution is 7.99. The van der Waals surface area contributed by atoms with Gasteiger partial charge < -0.3 is 9.64 Å². The molecule has 0 radical (unpaired) electrons. The van der Waals surface area contributed by atoms with Gasteiger partial charge in [-0.3, -0.25) is 4.57 Å². The third-order valence-electron chi connectivity index (χ3n) is 5.07. The molecule has 2 aromatic rings. The van der Waals surface area contributed by atoms with Crippen molar-refractivity contribution in [1.82, 2.24) is 14.8 Å². The highest BCUT2D eigenvalue weighted by Crippen LogP contribution is 2.41. The summed E-state index contributed by atoms with van der Waals surface area (Å²) >= 11 is 1.82. The number of anilines is 1. The lowest BCUT2D eigenvalue weighted by molar-refractivity contribution is 0.316. The molecule has 140 valence electrons. The fourth-order valence-electron chi connectivity index (χ4n) is 3.42. The van der Waals surface area contributed by atoms with Gasteiger partial charge in [-0.15, -0.1) is 10.2 Å². The lowest BCUT2D eigenvalue weighted by Gasteiger charge is -2.18. The smallest absolute Gasteiger partial charge is 0.228 e. The van der Waals surface area contributed by atoms with Crippen LogP contribution < -0.4 is 9.64 Å². The lowest BCUT2D eigenvalue weighted by Crippen LogP contribution is -2.22. The number of aryl methyl sites for hydroxylation is 2. The van der Waals surface area contributed by atoms with E-state index >= 15 is 0 Å². The molecule has 4 rings (SSSR count). The average molecular weight is 373 g/mol. The van der Waals surface area contributed by atoms with E-state index in [4.69, 9.17) is 4.74 Å². The molecule has 1 saturated carbocycles. The Morgan fingerprint density at radius 3 is 2.73 bits per heavy atom. The SMILES string of the molecule is Cc1ccc(C)c(OCCCSc2nnc(N3CCCC3)n2C2CC2)c1. The fourth-order valence-corrected chi connectivity index (χ4v) is 4.33. The van der Waals surface area contributed by atoms with Crippen LogP contribution in [0.1, 0.15) is 49.3 Å². The highest BCUT2D eigenvalue weighted by Gasteiger charge is 2.32. The van der Waals surface area contributed by atoms with Gasteiger partial charge in [-0.1, -0.05) is 23.9 Å². The normalized spacial score (nSPS) is 17.1. The van der Waals surface area contributed by atoms with E-state index < -0.39 is 0 Å². The van der Waals surface area contributed by atoms with Crippen molar-refractivity contribution < 1.29 is 4.74 Å². The lowest BCUT2D eigenvalue weighted by atomic mass is 10.1. The van der Waals surface area contributed by atoms with Crippen molar-refractivity contribution in [1.29, 1.82) is 0 Å². The van der Waals surface area contributed by atoms with E-state index in [2.05, 4.69) is 51.7 Å². The summed E-state index contributed by atoms with van der Waals surface area (Å²) in [6.45, 7) is 7.19. The number of nitrogens with zero attached hydrogens (tertiary/aromatic N) is 4. The van der Waals surface area contributed by atoms with Crippen LogP contribution in [0.3, 0.4) is 0 Å². The zero-order valence-electron chi connectivity index (χ0n) is 15.8. The molecule has 0 atom stereocenters. The number of rotatable bonds is 8. The first kappa shape index (κ1) is 17.7. The molecule has 1 aliphatic carbocycles. The minimum absolute atomic E-state index is 0.620. The third kappa shape index (κ3) is 4.00. The van der Waals surface area contributed by atoms with Gasteiger partial charge in [0.15, 0.2) is 5.16 Å². The van der Waals surface area contributed by atoms with Crippen LogP contribution in [0.15, 0.2) is 23.4 Å². The molecule has 0 amide bonds. The van der Waals surface area contributed by atoms with E-state index in [0.717, 1.165) is 48.7 Å². The zero-order chi connectivity index (χ0) is 17.9. The predicted octanol–water partition coefficient (Wildman–Crippen LogP) is 4.39. The first-order valence-electron chi connectivity index (χ1n) is 9.75. The first-order valence-corrected chi connectivity index (χ1v) is 10.7. The number of aromatic nitrogens is 3. The molecule has 1 aliphatic heterocycles. The zero-order valence-corrected chi connectivity index (χ0v) is 16.6. The molecule has 1 aromatic heterocycles. The number of thioether (sulfide) groups is 1. The Morgan fingerprint density at radius 2 is 1.96 bits per heavy atom. The number of ether oxygens (including phenoxy) is 1. The van der Waals surface area contributed by atoms with Crippen LogP contribution in [0.4, 0.5) is 5.95 Å². The Hall–Kier alpha value is -1.69. The second-order valence-electron chi connectivity index (χ2n) is 7.40. The van der Waals surface area contributed by atoms with Crippen molar-refractivity contribution in [3.8, 4) is 5.75 Å². The Morgan fingerprint density at radius 1 is 1.15 bits per heavy atom. The van der Waals surface area contributed by atoms with Gasteiger partial charge in [-0.05, 0) is 63.1 Å². The van der Waals surface area contributed by atoms with E-state index in [0.29, 0.717) is 6.04 Å². The van der Waals surface area contributed by atoms with Crippen molar-refractivity contribution in [2.45, 2.75) is 57.1 Å². The summed E-state index contributed by atoms with van der Waals surface area (Å²) < 4.78 is 8.36. The van der Waals surface area contributed by atoms with Crippen molar-refractivity contribution >= 4 is 17.7 Å². The van der Waals surface area contributed by atoms with Gasteiger partial charge in [0, 0.05) is 24.9 Å². The molecule has 0 unspecified atom stereocenters. The number of benzene rings is 1. The van der Waals surface area contributed by atoms with Crippen molar-refractivity contribution in [2.75, 3.05) is 30.3 Å². The summed E-state index contributed by atoms with van der Waals surface area (Å²) in [5, 5.41) is 10.1. The topological polar surface area (TPSA) is 43.2 Å². The van der Waals surface area contributed by atoms with Crippen LogP contribution in [0.5, 0.6) is 5.75 Å². The Bertz CT molecular complexity index is 750. The molecule has 0 bridgehead atoms. The molecule has 0 spiro atoms. The fraction of sp³-hybridized carbons (Fsp3) is 0.600. The predicted molar refractivity (Wildman–Crippen MR) is 106 cm³/mol. The third-order valence-corrected chi connectivity index (χ3v) is 6.10. The van der Waals surface area contributed by atoms with Crippen LogP contribution in [0.25, 0.3) is 0 Å². The summed E-state index contributed by atoms with van der Waals surface area (Å²) in [5.74, 6) is 3.11. The van der Waals surface area contributed by atoms with Crippen LogP contribution in [0.2, 0.25) is 0 Å². The minimum Gasteiger partial charge on any atom is -0.493 e. The van der Waals surface area contributed by atoms with E-state index in [1.165, 1.54) is 36.8 Å². The molecule has 2 heterocycles. The second kappa shape index (κ2) is 7.91. The van der Waals surface area contributed by atoms with Gasteiger partial charge in [0.05, 0.1) is 6.61 Å². The monoisotopic (exact) mass is 372 g/mol. The summed E-state index contributed by atoms with van der Waals surface area (Å²) in [4.78, 5) is 2.40. The first-order chi connectivity index (χ1) is 12.7. The van der Waals surface area contributed by atoms with Crippen molar-refractivity contribution in [3.05, 3.63) is 29.3 Å². The summed E-state index contributed by atoms with van der Waals surface area (Å²) in [7, 11) is 0. The minimum atomic E-state index is 0.620. The molecule has 6 heteroatoms. The summed E-state index contributed by atoms with van der Waals surface area (Å²) in [6, 6.07) is 6.99. The number of hydrogen-bond acceptors (Lipinski definition) is 5. The summed E-state index contributed by atoms with van der Waals surface area (Å²) in [5.41, 5.74) is 2.44. The highest BCUT2D eigenvalue weighted by atomic mass is 32.2. The van der Waals surface area contributed by atoms with Crippen LogP contribution >= 0.6 is 11.8 Å². The molecule has 26 heavy (non-hydrogen) atoms. The Kier molecular flexibility index (Phi) is 5.38. The quantitative estimate of drug-likeness (QED) is 0.508. The van der Waals surface area contributed by atoms with Gasteiger partial charge in [0.1, 0.15) is 5.75 Å². The molecule has 2 aliphatic rings. The molecule has 1 saturated heterocycles. The Labute approximate surface area is 160 Å². The van der Waals surface area contributed by atoms with E-state index in [-0.39, 0.29) is 0 Å². The molecular formula is C20H28N4OS.